The lowest BCUT2D eigenvalue weighted by atomic mass is 10.0. The second-order valence-electron chi connectivity index (χ2n) is 10.7. The van der Waals surface area contributed by atoms with Crippen LogP contribution in [0.5, 0.6) is 0 Å². The van der Waals surface area contributed by atoms with Crippen LogP contribution in [0.4, 0.5) is 10.1 Å². The second kappa shape index (κ2) is 14.8. The molecule has 0 bridgehead atoms. The summed E-state index contributed by atoms with van der Waals surface area (Å²) in [5.41, 5.74) is 2.89. The van der Waals surface area contributed by atoms with Gasteiger partial charge >= 0.3 is 0 Å². The third kappa shape index (κ3) is 7.90. The molecule has 44 heavy (non-hydrogen) atoms. The highest BCUT2D eigenvalue weighted by molar-refractivity contribution is 7.92. The Morgan fingerprint density at radius 3 is 2.14 bits per heavy atom. The van der Waals surface area contributed by atoms with Crippen LogP contribution in [0.25, 0.3) is 0 Å². The van der Waals surface area contributed by atoms with Crippen LogP contribution in [-0.2, 0) is 32.6 Å². The van der Waals surface area contributed by atoms with Crippen LogP contribution in [0.1, 0.15) is 35.6 Å². The summed E-state index contributed by atoms with van der Waals surface area (Å²) in [7, 11) is -4.21. The number of nitrogens with zero attached hydrogens (tertiary/aromatic N) is 2. The quantitative estimate of drug-likeness (QED) is 0.206. The van der Waals surface area contributed by atoms with Gasteiger partial charge in [0.05, 0.1) is 10.6 Å². The minimum Gasteiger partial charge on any atom is -0.354 e. The van der Waals surface area contributed by atoms with Gasteiger partial charge < -0.3 is 10.2 Å². The Balaban J connectivity index is 1.81. The molecule has 0 fully saturated rings. The monoisotopic (exact) mass is 615 g/mol. The summed E-state index contributed by atoms with van der Waals surface area (Å²) in [6, 6.07) is 27.6. The number of halogens is 1. The van der Waals surface area contributed by atoms with E-state index >= 15 is 0 Å². The molecule has 0 heterocycles. The highest BCUT2D eigenvalue weighted by atomic mass is 32.2. The third-order valence-corrected chi connectivity index (χ3v) is 9.16. The Kier molecular flexibility index (Phi) is 10.9. The molecule has 1 atom stereocenters. The summed E-state index contributed by atoms with van der Waals surface area (Å²) >= 11 is 0. The van der Waals surface area contributed by atoms with Crippen molar-refractivity contribution in [2.24, 2.45) is 0 Å². The summed E-state index contributed by atoms with van der Waals surface area (Å²) in [4.78, 5) is 29.4. The van der Waals surface area contributed by atoms with E-state index in [1.54, 1.807) is 61.5 Å². The smallest absolute Gasteiger partial charge is 0.264 e. The Hall–Kier alpha value is -4.50. The Labute approximate surface area is 259 Å². The number of rotatable bonds is 13. The van der Waals surface area contributed by atoms with Crippen molar-refractivity contribution in [2.75, 3.05) is 17.4 Å². The molecule has 0 spiro atoms. The van der Waals surface area contributed by atoms with E-state index in [1.165, 1.54) is 23.1 Å². The number of hydrogen-bond donors (Lipinski definition) is 1. The van der Waals surface area contributed by atoms with Crippen LogP contribution in [0, 0.1) is 19.7 Å². The summed E-state index contributed by atoms with van der Waals surface area (Å²) in [5.74, 6) is -1.57. The van der Waals surface area contributed by atoms with Gasteiger partial charge in [-0.3, -0.25) is 13.9 Å². The lowest BCUT2D eigenvalue weighted by Crippen LogP contribution is -2.53. The maximum absolute atomic E-state index is 15.0. The standard InChI is InChI=1S/C35H38FN3O4S/c1-4-22-37-35(41)33(23-28-13-6-5-7-14-28)38(24-29-15-9-10-16-31(29)36)34(40)25-39(32-17-11-8-12-27(32)3)44(42,43)30-20-18-26(2)19-21-30/h5-21,33H,4,22-25H2,1-3H3,(H,37,41). The summed E-state index contributed by atoms with van der Waals surface area (Å²) in [6.07, 6.45) is 0.840. The van der Waals surface area contributed by atoms with Crippen LogP contribution < -0.4 is 9.62 Å². The van der Waals surface area contributed by atoms with E-state index in [0.29, 0.717) is 24.2 Å². The lowest BCUT2D eigenvalue weighted by molar-refractivity contribution is -0.140. The average molecular weight is 616 g/mol. The molecule has 0 aliphatic rings. The van der Waals surface area contributed by atoms with Crippen LogP contribution in [-0.4, -0.2) is 44.3 Å². The Morgan fingerprint density at radius 2 is 1.48 bits per heavy atom. The number of carbonyl (C=O) groups is 2. The number of anilines is 1. The summed E-state index contributed by atoms with van der Waals surface area (Å²) in [6.45, 7) is 5.12. The van der Waals surface area contributed by atoms with E-state index in [4.69, 9.17) is 0 Å². The molecular weight excluding hydrogens is 577 g/mol. The highest BCUT2D eigenvalue weighted by Crippen LogP contribution is 2.28. The average Bonchev–Trinajstić information content (AvgIpc) is 3.02. The number of aryl methyl sites for hydroxylation is 2. The van der Waals surface area contributed by atoms with E-state index in [2.05, 4.69) is 5.32 Å². The molecule has 1 N–H and O–H groups in total. The molecule has 0 saturated carbocycles. The van der Waals surface area contributed by atoms with Gasteiger partial charge in [-0.05, 0) is 55.7 Å². The van der Waals surface area contributed by atoms with Gasteiger partial charge in [-0.2, -0.15) is 0 Å². The molecule has 230 valence electrons. The molecule has 1 unspecified atom stereocenters. The molecule has 9 heteroatoms. The SMILES string of the molecule is CCCNC(=O)C(Cc1ccccc1)N(Cc1ccccc1F)C(=O)CN(c1ccccc1C)S(=O)(=O)c1ccc(C)cc1. The van der Waals surface area contributed by atoms with E-state index in [-0.39, 0.29) is 23.4 Å². The molecule has 0 aliphatic heterocycles. The zero-order chi connectivity index (χ0) is 31.7. The fourth-order valence-electron chi connectivity index (χ4n) is 4.92. The number of nitrogens with one attached hydrogen (secondary N) is 1. The van der Waals surface area contributed by atoms with Crippen molar-refractivity contribution in [3.8, 4) is 0 Å². The molecule has 2 amide bonds. The van der Waals surface area contributed by atoms with Crippen molar-refractivity contribution in [3.63, 3.8) is 0 Å². The molecular formula is C35H38FN3O4S. The summed E-state index contributed by atoms with van der Waals surface area (Å²) in [5, 5.41) is 2.89. The van der Waals surface area contributed by atoms with Gasteiger partial charge in [-0.1, -0.05) is 91.3 Å². The number of amides is 2. The number of carbonyl (C=O) groups excluding carboxylic acids is 2. The van der Waals surface area contributed by atoms with Crippen molar-refractivity contribution in [2.45, 2.75) is 51.1 Å². The number of benzene rings is 4. The zero-order valence-electron chi connectivity index (χ0n) is 25.2. The van der Waals surface area contributed by atoms with Crippen LogP contribution >= 0.6 is 0 Å². The molecule has 0 aliphatic carbocycles. The van der Waals surface area contributed by atoms with Crippen molar-refractivity contribution >= 4 is 27.5 Å². The van der Waals surface area contributed by atoms with Crippen molar-refractivity contribution < 1.29 is 22.4 Å². The minimum absolute atomic E-state index is 0.0290. The largest absolute Gasteiger partial charge is 0.354 e. The van der Waals surface area contributed by atoms with Crippen LogP contribution in [0.15, 0.2) is 108 Å². The van der Waals surface area contributed by atoms with E-state index in [1.807, 2.05) is 44.2 Å². The first-order chi connectivity index (χ1) is 21.1. The van der Waals surface area contributed by atoms with Crippen molar-refractivity contribution in [3.05, 3.63) is 131 Å². The van der Waals surface area contributed by atoms with Crippen molar-refractivity contribution in [1.29, 1.82) is 0 Å². The van der Waals surface area contributed by atoms with Gasteiger partial charge in [0.1, 0.15) is 18.4 Å². The van der Waals surface area contributed by atoms with Gasteiger partial charge in [0, 0.05) is 25.1 Å². The number of para-hydroxylation sites is 1. The lowest BCUT2D eigenvalue weighted by Gasteiger charge is -2.34. The first-order valence-electron chi connectivity index (χ1n) is 14.6. The number of hydrogen-bond acceptors (Lipinski definition) is 4. The van der Waals surface area contributed by atoms with Crippen LogP contribution in [0.2, 0.25) is 0 Å². The van der Waals surface area contributed by atoms with Gasteiger partial charge in [0.25, 0.3) is 10.0 Å². The fraction of sp³-hybridized carbons (Fsp3) is 0.257. The molecule has 0 aromatic heterocycles. The second-order valence-corrected chi connectivity index (χ2v) is 12.6. The van der Waals surface area contributed by atoms with Gasteiger partial charge in [0.2, 0.25) is 11.8 Å². The van der Waals surface area contributed by atoms with E-state index in [9.17, 15) is 22.4 Å². The fourth-order valence-corrected chi connectivity index (χ4v) is 6.40. The maximum Gasteiger partial charge on any atom is 0.264 e. The zero-order valence-corrected chi connectivity index (χ0v) is 26.1. The first-order valence-corrected chi connectivity index (χ1v) is 16.1. The van der Waals surface area contributed by atoms with Gasteiger partial charge in [0.15, 0.2) is 0 Å². The van der Waals surface area contributed by atoms with Crippen LogP contribution in [0.3, 0.4) is 0 Å². The molecule has 4 rings (SSSR count). The molecule has 0 saturated heterocycles. The normalized spacial score (nSPS) is 11.9. The Bertz CT molecular complexity index is 1680. The highest BCUT2D eigenvalue weighted by Gasteiger charge is 2.35. The predicted molar refractivity (Wildman–Crippen MR) is 171 cm³/mol. The van der Waals surface area contributed by atoms with Gasteiger partial charge in [-0.15, -0.1) is 0 Å². The molecule has 4 aromatic carbocycles. The van der Waals surface area contributed by atoms with Crippen molar-refractivity contribution in [1.82, 2.24) is 10.2 Å². The van der Waals surface area contributed by atoms with E-state index in [0.717, 1.165) is 15.4 Å². The Morgan fingerprint density at radius 1 is 0.841 bits per heavy atom. The van der Waals surface area contributed by atoms with Gasteiger partial charge in [-0.25, -0.2) is 12.8 Å². The topological polar surface area (TPSA) is 86.8 Å². The minimum atomic E-state index is -4.21. The van der Waals surface area contributed by atoms with E-state index < -0.39 is 40.2 Å². The molecule has 0 radical (unpaired) electrons. The molecule has 7 nitrogen and oxygen atoms in total. The number of sulfonamides is 1. The molecule has 4 aromatic rings. The summed E-state index contributed by atoms with van der Waals surface area (Å²) < 4.78 is 44.3. The predicted octanol–water partition coefficient (Wildman–Crippen LogP) is 5.80. The third-order valence-electron chi connectivity index (χ3n) is 7.39. The maximum atomic E-state index is 15.0. The first kappa shape index (κ1) is 32.4.